The van der Waals surface area contributed by atoms with Crippen LogP contribution in [-0.2, 0) is 11.0 Å². The molecule has 2 rings (SSSR count). The summed E-state index contributed by atoms with van der Waals surface area (Å²) in [6.45, 7) is 0.130. The molecule has 114 valence electrons. The summed E-state index contributed by atoms with van der Waals surface area (Å²) in [5, 5.41) is 18.6. The van der Waals surface area contributed by atoms with Crippen molar-refractivity contribution in [3.8, 4) is 5.75 Å². The van der Waals surface area contributed by atoms with Crippen LogP contribution in [0.3, 0.4) is 0 Å². The number of phenols is 1. The summed E-state index contributed by atoms with van der Waals surface area (Å²) in [7, 11) is 0. The predicted octanol–water partition coefficient (Wildman–Crippen LogP) is 2.10. The Morgan fingerprint density at radius 3 is 2.52 bits per heavy atom. The van der Waals surface area contributed by atoms with Gasteiger partial charge in [0, 0.05) is 6.54 Å². The summed E-state index contributed by atoms with van der Waals surface area (Å²) in [6.07, 6.45) is -3.97. The van der Waals surface area contributed by atoms with Gasteiger partial charge in [0.05, 0.1) is 11.1 Å². The largest absolute Gasteiger partial charge is 0.507 e. The van der Waals surface area contributed by atoms with Gasteiger partial charge in [0.25, 0.3) is 5.91 Å². The molecule has 1 aliphatic rings. The van der Waals surface area contributed by atoms with Crippen molar-refractivity contribution in [2.75, 3.05) is 6.54 Å². The van der Waals surface area contributed by atoms with Gasteiger partial charge in [-0.3, -0.25) is 4.79 Å². The third kappa shape index (κ3) is 2.93. The zero-order valence-corrected chi connectivity index (χ0v) is 10.7. The fraction of sp³-hybridized carbons (Fsp3) is 0.385. The molecule has 0 saturated carbocycles. The fourth-order valence-corrected chi connectivity index (χ4v) is 2.30. The number of carbonyl (C=O) groups is 2. The van der Waals surface area contributed by atoms with Crippen molar-refractivity contribution in [3.05, 3.63) is 29.3 Å². The molecular formula is C13H12F3NO4. The minimum atomic E-state index is -4.65. The average molecular weight is 303 g/mol. The van der Waals surface area contributed by atoms with Crippen LogP contribution < -0.4 is 0 Å². The molecule has 2 N–H and O–H groups in total. The molecule has 1 aromatic rings. The van der Waals surface area contributed by atoms with Gasteiger partial charge in [0.2, 0.25) is 0 Å². The molecule has 1 aliphatic heterocycles. The van der Waals surface area contributed by atoms with Gasteiger partial charge in [-0.15, -0.1) is 0 Å². The second kappa shape index (κ2) is 5.27. The van der Waals surface area contributed by atoms with Crippen molar-refractivity contribution >= 4 is 11.9 Å². The smallest absolute Gasteiger partial charge is 0.416 e. The number of carbonyl (C=O) groups excluding carboxylic acids is 1. The number of likely N-dealkylation sites (tertiary alicyclic amines) is 1. The minimum Gasteiger partial charge on any atom is -0.507 e. The molecule has 0 aromatic heterocycles. The van der Waals surface area contributed by atoms with Crippen molar-refractivity contribution in [1.29, 1.82) is 0 Å². The molecule has 0 spiro atoms. The zero-order chi connectivity index (χ0) is 15.8. The van der Waals surface area contributed by atoms with Gasteiger partial charge in [0.15, 0.2) is 0 Å². The number of phenolic OH excluding ortho intramolecular Hbond substituents is 1. The van der Waals surface area contributed by atoms with Crippen LogP contribution in [0.5, 0.6) is 5.75 Å². The molecule has 1 heterocycles. The van der Waals surface area contributed by atoms with E-state index in [0.717, 1.165) is 11.0 Å². The van der Waals surface area contributed by atoms with Crippen molar-refractivity contribution in [2.24, 2.45) is 0 Å². The Balaban J connectivity index is 2.37. The highest BCUT2D eigenvalue weighted by Gasteiger charge is 2.37. The van der Waals surface area contributed by atoms with Crippen LogP contribution in [0.15, 0.2) is 18.2 Å². The van der Waals surface area contributed by atoms with Crippen molar-refractivity contribution < 1.29 is 33.0 Å². The number of amides is 1. The van der Waals surface area contributed by atoms with Crippen LogP contribution in [0.2, 0.25) is 0 Å². The van der Waals surface area contributed by atoms with Gasteiger partial charge in [0.1, 0.15) is 11.8 Å². The maximum Gasteiger partial charge on any atom is 0.416 e. The quantitative estimate of drug-likeness (QED) is 0.877. The molecule has 1 amide bonds. The molecule has 0 aliphatic carbocycles. The summed E-state index contributed by atoms with van der Waals surface area (Å²) >= 11 is 0. The summed E-state index contributed by atoms with van der Waals surface area (Å²) in [5.74, 6) is -2.74. The lowest BCUT2D eigenvalue weighted by Gasteiger charge is -2.22. The number of aromatic hydroxyl groups is 1. The van der Waals surface area contributed by atoms with E-state index in [0.29, 0.717) is 18.6 Å². The fourth-order valence-electron chi connectivity index (χ4n) is 2.30. The first kappa shape index (κ1) is 15.1. The van der Waals surface area contributed by atoms with Crippen molar-refractivity contribution in [3.63, 3.8) is 0 Å². The molecule has 1 fully saturated rings. The van der Waals surface area contributed by atoms with Gasteiger partial charge < -0.3 is 15.1 Å². The molecule has 21 heavy (non-hydrogen) atoms. The molecular weight excluding hydrogens is 291 g/mol. The molecule has 0 radical (unpaired) electrons. The van der Waals surface area contributed by atoms with E-state index in [4.69, 9.17) is 5.11 Å². The van der Waals surface area contributed by atoms with E-state index >= 15 is 0 Å². The van der Waals surface area contributed by atoms with E-state index in [2.05, 4.69) is 0 Å². The lowest BCUT2D eigenvalue weighted by molar-refractivity contribution is -0.141. The molecule has 1 unspecified atom stereocenters. The Hall–Kier alpha value is -2.25. The standard InChI is InChI=1S/C13H12F3NO4/c14-13(15,16)7-3-4-10(18)8(6-7)11(19)17-5-1-2-9(17)12(20)21/h3-4,6,9,18H,1-2,5H2,(H,20,21). The Labute approximate surface area is 117 Å². The van der Waals surface area contributed by atoms with E-state index in [9.17, 15) is 27.9 Å². The number of carboxylic acid groups (broad SMARTS) is 1. The van der Waals surface area contributed by atoms with E-state index in [1.54, 1.807) is 0 Å². The SMILES string of the molecule is O=C(O)C1CCCN1C(=O)c1cc(C(F)(F)F)ccc1O. The summed E-state index contributed by atoms with van der Waals surface area (Å²) in [5.41, 5.74) is -1.62. The van der Waals surface area contributed by atoms with Crippen LogP contribution in [-0.4, -0.2) is 39.6 Å². The number of halogens is 3. The van der Waals surface area contributed by atoms with Crippen molar-refractivity contribution in [1.82, 2.24) is 4.90 Å². The number of aliphatic carboxylic acids is 1. The molecule has 8 heteroatoms. The van der Waals surface area contributed by atoms with E-state index in [-0.39, 0.29) is 13.0 Å². The van der Waals surface area contributed by atoms with Gasteiger partial charge in [-0.25, -0.2) is 4.79 Å². The monoisotopic (exact) mass is 303 g/mol. The van der Waals surface area contributed by atoms with Crippen molar-refractivity contribution in [2.45, 2.75) is 25.1 Å². The number of benzene rings is 1. The normalized spacial score (nSPS) is 18.8. The highest BCUT2D eigenvalue weighted by molar-refractivity contribution is 5.99. The number of alkyl halides is 3. The Morgan fingerprint density at radius 2 is 1.95 bits per heavy atom. The molecule has 1 aromatic carbocycles. The zero-order valence-electron chi connectivity index (χ0n) is 10.7. The number of nitrogens with zero attached hydrogens (tertiary/aromatic N) is 1. The maximum atomic E-state index is 12.6. The number of rotatable bonds is 2. The van der Waals surface area contributed by atoms with Crippen LogP contribution >= 0.6 is 0 Å². The molecule has 1 saturated heterocycles. The third-order valence-corrected chi connectivity index (χ3v) is 3.35. The molecule has 1 atom stereocenters. The van der Waals surface area contributed by atoms with E-state index in [1.165, 1.54) is 0 Å². The Bertz CT molecular complexity index is 585. The number of hydrogen-bond donors (Lipinski definition) is 2. The van der Waals surface area contributed by atoms with Gasteiger partial charge in [-0.05, 0) is 31.0 Å². The van der Waals surface area contributed by atoms with Gasteiger partial charge in [-0.1, -0.05) is 0 Å². The van der Waals surface area contributed by atoms with Crippen LogP contribution in [0.25, 0.3) is 0 Å². The Kier molecular flexibility index (Phi) is 3.80. The first-order valence-corrected chi connectivity index (χ1v) is 6.16. The average Bonchev–Trinajstić information content (AvgIpc) is 2.86. The predicted molar refractivity (Wildman–Crippen MR) is 64.8 cm³/mol. The minimum absolute atomic E-state index is 0.130. The van der Waals surface area contributed by atoms with Gasteiger partial charge in [-0.2, -0.15) is 13.2 Å². The summed E-state index contributed by atoms with van der Waals surface area (Å²) in [6, 6.07) is 0.896. The van der Waals surface area contributed by atoms with Crippen LogP contribution in [0, 0.1) is 0 Å². The molecule has 5 nitrogen and oxygen atoms in total. The van der Waals surface area contributed by atoms with E-state index in [1.807, 2.05) is 0 Å². The highest BCUT2D eigenvalue weighted by Crippen LogP contribution is 2.33. The summed E-state index contributed by atoms with van der Waals surface area (Å²) < 4.78 is 37.9. The lowest BCUT2D eigenvalue weighted by Crippen LogP contribution is -2.40. The maximum absolute atomic E-state index is 12.6. The Morgan fingerprint density at radius 1 is 1.29 bits per heavy atom. The van der Waals surface area contributed by atoms with Gasteiger partial charge >= 0.3 is 12.1 Å². The number of carboxylic acids is 1. The second-order valence-electron chi connectivity index (χ2n) is 4.72. The van der Waals surface area contributed by atoms with Crippen LogP contribution in [0.4, 0.5) is 13.2 Å². The summed E-state index contributed by atoms with van der Waals surface area (Å²) in [4.78, 5) is 24.2. The first-order chi connectivity index (χ1) is 9.71. The topological polar surface area (TPSA) is 77.8 Å². The first-order valence-electron chi connectivity index (χ1n) is 6.16. The second-order valence-corrected chi connectivity index (χ2v) is 4.72. The third-order valence-electron chi connectivity index (χ3n) is 3.35. The van der Waals surface area contributed by atoms with Crippen LogP contribution in [0.1, 0.15) is 28.8 Å². The molecule has 0 bridgehead atoms. The van der Waals surface area contributed by atoms with E-state index < -0.39 is 41.0 Å². The lowest BCUT2D eigenvalue weighted by atomic mass is 10.1. The number of hydrogen-bond acceptors (Lipinski definition) is 3. The highest BCUT2D eigenvalue weighted by atomic mass is 19.4.